The Hall–Kier alpha value is -2.64. The molecule has 5 heteroatoms. The van der Waals surface area contributed by atoms with Crippen molar-refractivity contribution in [3.63, 3.8) is 0 Å². The summed E-state index contributed by atoms with van der Waals surface area (Å²) in [6, 6.07) is 12.9. The topological polar surface area (TPSA) is 51.5 Å². The van der Waals surface area contributed by atoms with Crippen molar-refractivity contribution in [2.75, 3.05) is 21.3 Å². The lowest BCUT2D eigenvalue weighted by Crippen LogP contribution is -1.96. The van der Waals surface area contributed by atoms with Gasteiger partial charge >= 0.3 is 0 Å². The molecule has 2 rings (SSSR count). The Balaban J connectivity index is 2.59. The van der Waals surface area contributed by atoms with Gasteiger partial charge in [0.25, 0.3) is 0 Å². The lowest BCUT2D eigenvalue weighted by atomic mass is 10.0. The molecular weight excluding hydrogens is 314 g/mol. The average Bonchev–Trinajstić information content (AvgIpc) is 2.58. The lowest BCUT2D eigenvalue weighted by molar-refractivity contribution is 0.348. The van der Waals surface area contributed by atoms with E-state index < -0.39 is 0 Å². The number of methoxy groups -OCH3 is 3. The highest BCUT2D eigenvalue weighted by Crippen LogP contribution is 2.38. The van der Waals surface area contributed by atoms with Gasteiger partial charge in [-0.1, -0.05) is 23.7 Å². The van der Waals surface area contributed by atoms with E-state index in [0.717, 1.165) is 5.56 Å². The van der Waals surface area contributed by atoms with Gasteiger partial charge in [-0.3, -0.25) is 0 Å². The Morgan fingerprint density at radius 1 is 1.00 bits per heavy atom. The molecule has 4 nitrogen and oxygen atoms in total. The highest BCUT2D eigenvalue weighted by atomic mass is 35.5. The van der Waals surface area contributed by atoms with Crippen LogP contribution in [0, 0.1) is 11.3 Å². The van der Waals surface area contributed by atoms with Crippen molar-refractivity contribution in [3.8, 4) is 23.3 Å². The summed E-state index contributed by atoms with van der Waals surface area (Å²) in [6.07, 6.45) is 1.75. The molecule has 0 heterocycles. The van der Waals surface area contributed by atoms with E-state index in [4.69, 9.17) is 25.8 Å². The third-order valence-corrected chi connectivity index (χ3v) is 3.51. The smallest absolute Gasteiger partial charge is 0.164 e. The first kappa shape index (κ1) is 16.7. The Morgan fingerprint density at radius 3 is 2.22 bits per heavy atom. The molecule has 0 radical (unpaired) electrons. The van der Waals surface area contributed by atoms with Crippen molar-refractivity contribution >= 4 is 23.3 Å². The minimum Gasteiger partial charge on any atom is -0.496 e. The zero-order valence-electron chi connectivity index (χ0n) is 13.1. The van der Waals surface area contributed by atoms with E-state index in [9.17, 15) is 5.26 Å². The summed E-state index contributed by atoms with van der Waals surface area (Å²) < 4.78 is 15.9. The Bertz CT molecular complexity index is 778. The molecule has 0 amide bonds. The van der Waals surface area contributed by atoms with Crippen molar-refractivity contribution in [1.29, 1.82) is 5.26 Å². The van der Waals surface area contributed by atoms with E-state index in [1.165, 1.54) is 0 Å². The van der Waals surface area contributed by atoms with Crippen LogP contribution in [-0.4, -0.2) is 21.3 Å². The third kappa shape index (κ3) is 3.77. The fraction of sp³-hybridized carbons (Fsp3) is 0.167. The van der Waals surface area contributed by atoms with Crippen LogP contribution in [0.4, 0.5) is 0 Å². The maximum Gasteiger partial charge on any atom is 0.164 e. The molecule has 0 saturated carbocycles. The monoisotopic (exact) mass is 329 g/mol. The van der Waals surface area contributed by atoms with E-state index in [1.807, 2.05) is 12.1 Å². The molecule has 0 atom stereocenters. The van der Waals surface area contributed by atoms with Gasteiger partial charge in [0.05, 0.1) is 33.0 Å². The van der Waals surface area contributed by atoms with Gasteiger partial charge in [0.1, 0.15) is 5.75 Å². The number of rotatable bonds is 5. The molecule has 0 spiro atoms. The zero-order valence-corrected chi connectivity index (χ0v) is 13.8. The van der Waals surface area contributed by atoms with E-state index in [1.54, 1.807) is 51.7 Å². The van der Waals surface area contributed by atoms with Gasteiger partial charge in [-0.25, -0.2) is 0 Å². The van der Waals surface area contributed by atoms with Gasteiger partial charge in [-0.2, -0.15) is 5.26 Å². The van der Waals surface area contributed by atoms with Gasteiger partial charge in [-0.05, 0) is 29.8 Å². The van der Waals surface area contributed by atoms with Crippen molar-refractivity contribution in [3.05, 3.63) is 52.5 Å². The Kier molecular flexibility index (Phi) is 5.51. The quantitative estimate of drug-likeness (QED) is 0.601. The first-order chi connectivity index (χ1) is 11.1. The fourth-order valence-electron chi connectivity index (χ4n) is 2.17. The van der Waals surface area contributed by atoms with Crippen LogP contribution in [-0.2, 0) is 0 Å². The minimum atomic E-state index is 0.435. The summed E-state index contributed by atoms with van der Waals surface area (Å²) in [5.74, 6) is 1.58. The molecule has 23 heavy (non-hydrogen) atoms. The maximum absolute atomic E-state index is 9.54. The maximum atomic E-state index is 9.54. The largest absolute Gasteiger partial charge is 0.496 e. The molecule has 0 bridgehead atoms. The molecule has 0 aliphatic heterocycles. The SMILES string of the molecule is COc1cc(OC)c(C(C#N)=Cc2cccc(Cl)c2)cc1OC. The van der Waals surface area contributed by atoms with Gasteiger partial charge < -0.3 is 14.2 Å². The van der Waals surface area contributed by atoms with Crippen LogP contribution < -0.4 is 14.2 Å². The summed E-state index contributed by atoms with van der Waals surface area (Å²) in [6.45, 7) is 0. The number of nitriles is 1. The molecule has 2 aromatic carbocycles. The summed E-state index contributed by atoms with van der Waals surface area (Å²) in [7, 11) is 4.63. The molecular formula is C18H16ClNO3. The number of ether oxygens (including phenoxy) is 3. The predicted molar refractivity (Wildman–Crippen MR) is 91.0 cm³/mol. The molecule has 118 valence electrons. The van der Waals surface area contributed by atoms with Crippen molar-refractivity contribution in [1.82, 2.24) is 0 Å². The molecule has 0 aliphatic carbocycles. The van der Waals surface area contributed by atoms with Crippen LogP contribution in [0.5, 0.6) is 17.2 Å². The number of benzene rings is 2. The minimum absolute atomic E-state index is 0.435. The van der Waals surface area contributed by atoms with Crippen LogP contribution >= 0.6 is 11.6 Å². The second kappa shape index (κ2) is 7.57. The average molecular weight is 330 g/mol. The lowest BCUT2D eigenvalue weighted by Gasteiger charge is -2.13. The Labute approximate surface area is 140 Å². The fourth-order valence-corrected chi connectivity index (χ4v) is 2.37. The number of halogens is 1. The highest BCUT2D eigenvalue weighted by Gasteiger charge is 2.15. The van der Waals surface area contributed by atoms with Crippen LogP contribution in [0.1, 0.15) is 11.1 Å². The van der Waals surface area contributed by atoms with Crippen LogP contribution in [0.3, 0.4) is 0 Å². The zero-order chi connectivity index (χ0) is 16.8. The molecule has 0 aliphatic rings. The summed E-state index contributed by atoms with van der Waals surface area (Å²) in [4.78, 5) is 0. The standard InChI is InChI=1S/C18H16ClNO3/c1-21-16-10-18(23-3)17(22-2)9-15(16)13(11-20)7-12-5-4-6-14(19)8-12/h4-10H,1-3H3. The molecule has 0 unspecified atom stereocenters. The van der Waals surface area contributed by atoms with Gasteiger partial charge in [0.15, 0.2) is 11.5 Å². The first-order valence-corrected chi connectivity index (χ1v) is 7.18. The van der Waals surface area contributed by atoms with Crippen LogP contribution in [0.2, 0.25) is 5.02 Å². The third-order valence-electron chi connectivity index (χ3n) is 3.28. The molecule has 0 N–H and O–H groups in total. The summed E-state index contributed by atoms with van der Waals surface area (Å²) >= 11 is 5.99. The number of nitrogens with zero attached hydrogens (tertiary/aromatic N) is 1. The van der Waals surface area contributed by atoms with Crippen molar-refractivity contribution < 1.29 is 14.2 Å². The van der Waals surface area contributed by atoms with E-state index in [0.29, 0.717) is 33.4 Å². The Morgan fingerprint density at radius 2 is 1.65 bits per heavy atom. The van der Waals surface area contributed by atoms with Crippen LogP contribution in [0.15, 0.2) is 36.4 Å². The molecule has 0 fully saturated rings. The van der Waals surface area contributed by atoms with Crippen molar-refractivity contribution in [2.24, 2.45) is 0 Å². The predicted octanol–water partition coefficient (Wildman–Crippen LogP) is 4.43. The number of allylic oxidation sites excluding steroid dienone is 1. The van der Waals surface area contributed by atoms with Gasteiger partial charge in [0, 0.05) is 16.7 Å². The van der Waals surface area contributed by atoms with E-state index >= 15 is 0 Å². The number of hydrogen-bond donors (Lipinski definition) is 0. The normalized spacial score (nSPS) is 10.8. The second-order valence-electron chi connectivity index (χ2n) is 4.63. The first-order valence-electron chi connectivity index (χ1n) is 6.80. The van der Waals surface area contributed by atoms with E-state index in [-0.39, 0.29) is 0 Å². The van der Waals surface area contributed by atoms with Gasteiger partial charge in [0.2, 0.25) is 0 Å². The second-order valence-corrected chi connectivity index (χ2v) is 5.07. The van der Waals surface area contributed by atoms with Crippen LogP contribution in [0.25, 0.3) is 11.6 Å². The van der Waals surface area contributed by atoms with Gasteiger partial charge in [-0.15, -0.1) is 0 Å². The highest BCUT2D eigenvalue weighted by molar-refractivity contribution is 6.30. The molecule has 2 aromatic rings. The molecule has 0 saturated heterocycles. The molecule has 0 aromatic heterocycles. The number of hydrogen-bond acceptors (Lipinski definition) is 4. The van der Waals surface area contributed by atoms with Crippen molar-refractivity contribution in [2.45, 2.75) is 0 Å². The summed E-state index contributed by atoms with van der Waals surface area (Å²) in [5, 5.41) is 10.1. The van der Waals surface area contributed by atoms with E-state index in [2.05, 4.69) is 6.07 Å². The summed E-state index contributed by atoms with van der Waals surface area (Å²) in [5.41, 5.74) is 1.88.